The lowest BCUT2D eigenvalue weighted by molar-refractivity contribution is -0.0938. The van der Waals surface area contributed by atoms with Crippen LogP contribution in [0, 0.1) is 0 Å². The Morgan fingerprint density at radius 3 is 2.41 bits per heavy atom. The number of ether oxygens (including phenoxy) is 2. The van der Waals surface area contributed by atoms with Gasteiger partial charge >= 0.3 is 0 Å². The maximum atomic E-state index is 9.80. The first-order valence-corrected chi connectivity index (χ1v) is 8.51. The predicted octanol–water partition coefficient (Wildman–Crippen LogP) is 1.79. The highest BCUT2D eigenvalue weighted by Gasteiger charge is 2.40. The normalized spacial score (nSPS) is 26.2. The summed E-state index contributed by atoms with van der Waals surface area (Å²) in [6, 6.07) is 0. The summed E-state index contributed by atoms with van der Waals surface area (Å²) in [4.78, 5) is 0. The minimum atomic E-state index is -1.00. The van der Waals surface area contributed by atoms with Crippen molar-refractivity contribution in [1.82, 2.24) is 0 Å². The summed E-state index contributed by atoms with van der Waals surface area (Å²) in [5.74, 6) is 0. The van der Waals surface area contributed by atoms with Crippen molar-refractivity contribution in [3.8, 4) is 0 Å². The Labute approximate surface area is 133 Å². The van der Waals surface area contributed by atoms with Gasteiger partial charge in [-0.3, -0.25) is 0 Å². The van der Waals surface area contributed by atoms with Crippen LogP contribution in [0.15, 0.2) is 12.7 Å². The van der Waals surface area contributed by atoms with Gasteiger partial charge in [0.05, 0.1) is 13.2 Å². The molecule has 0 bridgehead atoms. The summed E-state index contributed by atoms with van der Waals surface area (Å²) in [5, 5.41) is 28.4. The van der Waals surface area contributed by atoms with Gasteiger partial charge in [0, 0.05) is 6.61 Å². The van der Waals surface area contributed by atoms with E-state index in [2.05, 4.69) is 6.58 Å². The molecule has 1 aliphatic heterocycles. The van der Waals surface area contributed by atoms with Crippen LogP contribution >= 0.6 is 0 Å². The fraction of sp³-hybridized carbons (Fsp3) is 0.882. The number of hydrogen-bond donors (Lipinski definition) is 3. The first kappa shape index (κ1) is 19.6. The highest BCUT2D eigenvalue weighted by molar-refractivity contribution is 4.89. The molecule has 0 aromatic rings. The van der Waals surface area contributed by atoms with E-state index in [9.17, 15) is 10.2 Å². The third-order valence-electron chi connectivity index (χ3n) is 4.09. The smallest absolute Gasteiger partial charge is 0.114 e. The predicted molar refractivity (Wildman–Crippen MR) is 85.7 cm³/mol. The monoisotopic (exact) mass is 316 g/mol. The minimum absolute atomic E-state index is 0.150. The molecule has 4 atom stereocenters. The number of aliphatic hydroxyl groups excluding tert-OH is 3. The standard InChI is InChI=1S/C17H32O5/c1-2-3-4-5-6-7-8-9-10-11-21-17-15(20)13-22-16(17)14(19)12-18/h2,14-20H,1,3-13H2/t14-,15+,16-,17-/m1/s1. The zero-order valence-electron chi connectivity index (χ0n) is 13.5. The van der Waals surface area contributed by atoms with Crippen molar-refractivity contribution >= 4 is 0 Å². The molecular weight excluding hydrogens is 284 g/mol. The molecule has 0 unspecified atom stereocenters. The van der Waals surface area contributed by atoms with E-state index in [0.29, 0.717) is 6.61 Å². The van der Waals surface area contributed by atoms with Crippen molar-refractivity contribution < 1.29 is 24.8 Å². The zero-order valence-corrected chi connectivity index (χ0v) is 13.5. The van der Waals surface area contributed by atoms with Crippen LogP contribution in [-0.4, -0.2) is 59.6 Å². The third-order valence-corrected chi connectivity index (χ3v) is 4.09. The Balaban J connectivity index is 2.02. The molecule has 5 nitrogen and oxygen atoms in total. The summed E-state index contributed by atoms with van der Waals surface area (Å²) in [7, 11) is 0. The van der Waals surface area contributed by atoms with Crippen LogP contribution in [0.1, 0.15) is 51.4 Å². The van der Waals surface area contributed by atoms with Crippen LogP contribution in [0.5, 0.6) is 0 Å². The van der Waals surface area contributed by atoms with Crippen molar-refractivity contribution in [1.29, 1.82) is 0 Å². The second-order valence-electron chi connectivity index (χ2n) is 6.00. The van der Waals surface area contributed by atoms with E-state index in [0.717, 1.165) is 19.3 Å². The lowest BCUT2D eigenvalue weighted by Crippen LogP contribution is -2.42. The van der Waals surface area contributed by atoms with Gasteiger partial charge in [-0.25, -0.2) is 0 Å². The molecule has 0 radical (unpaired) electrons. The molecular formula is C17H32O5. The van der Waals surface area contributed by atoms with E-state index in [4.69, 9.17) is 14.6 Å². The third kappa shape index (κ3) is 7.20. The maximum Gasteiger partial charge on any atom is 0.114 e. The Morgan fingerprint density at radius 1 is 1.14 bits per heavy atom. The van der Waals surface area contributed by atoms with Crippen LogP contribution in [0.4, 0.5) is 0 Å². The second-order valence-corrected chi connectivity index (χ2v) is 6.00. The maximum absolute atomic E-state index is 9.80. The molecule has 1 fully saturated rings. The average molecular weight is 316 g/mol. The molecule has 0 spiro atoms. The van der Waals surface area contributed by atoms with Crippen LogP contribution in [-0.2, 0) is 9.47 Å². The summed E-state index contributed by atoms with van der Waals surface area (Å²) in [6.07, 6.45) is 8.46. The van der Waals surface area contributed by atoms with Gasteiger partial charge in [-0.2, -0.15) is 0 Å². The molecule has 0 saturated carbocycles. The first-order chi connectivity index (χ1) is 10.7. The fourth-order valence-electron chi connectivity index (χ4n) is 2.75. The van der Waals surface area contributed by atoms with Crippen molar-refractivity contribution in [2.75, 3.05) is 19.8 Å². The SMILES string of the molecule is C=CCCCCCCCCCO[C@H]1[C@@H]([C@H](O)CO)OC[C@@H]1O. The molecule has 3 N–H and O–H groups in total. The van der Waals surface area contributed by atoms with Gasteiger partial charge < -0.3 is 24.8 Å². The number of rotatable bonds is 13. The molecule has 0 aromatic heterocycles. The summed E-state index contributed by atoms with van der Waals surface area (Å²) < 4.78 is 10.9. The second kappa shape index (κ2) is 12.0. The molecule has 0 aliphatic carbocycles. The van der Waals surface area contributed by atoms with Gasteiger partial charge in [-0.05, 0) is 19.3 Å². The largest absolute Gasteiger partial charge is 0.394 e. The molecule has 22 heavy (non-hydrogen) atoms. The lowest BCUT2D eigenvalue weighted by atomic mass is 10.1. The van der Waals surface area contributed by atoms with Gasteiger partial charge in [0.2, 0.25) is 0 Å². The van der Waals surface area contributed by atoms with Crippen LogP contribution in [0.3, 0.4) is 0 Å². The number of aliphatic hydroxyl groups is 3. The zero-order chi connectivity index (χ0) is 16.2. The molecule has 130 valence electrons. The molecule has 0 amide bonds. The highest BCUT2D eigenvalue weighted by Crippen LogP contribution is 2.21. The number of unbranched alkanes of at least 4 members (excludes halogenated alkanes) is 7. The summed E-state index contributed by atoms with van der Waals surface area (Å²) >= 11 is 0. The van der Waals surface area contributed by atoms with Crippen LogP contribution in [0.25, 0.3) is 0 Å². The van der Waals surface area contributed by atoms with Gasteiger partial charge in [0.15, 0.2) is 0 Å². The van der Waals surface area contributed by atoms with Gasteiger partial charge in [-0.15, -0.1) is 6.58 Å². The van der Waals surface area contributed by atoms with E-state index in [1.54, 1.807) is 0 Å². The van der Waals surface area contributed by atoms with Gasteiger partial charge in [0.1, 0.15) is 24.4 Å². The van der Waals surface area contributed by atoms with E-state index in [-0.39, 0.29) is 13.2 Å². The molecule has 5 heteroatoms. The first-order valence-electron chi connectivity index (χ1n) is 8.51. The van der Waals surface area contributed by atoms with Gasteiger partial charge in [0.25, 0.3) is 0 Å². The van der Waals surface area contributed by atoms with Crippen molar-refractivity contribution in [2.24, 2.45) is 0 Å². The number of hydrogen-bond acceptors (Lipinski definition) is 5. The van der Waals surface area contributed by atoms with E-state index < -0.39 is 24.4 Å². The quantitative estimate of drug-likeness (QED) is 0.357. The Hall–Kier alpha value is -0.460. The summed E-state index contributed by atoms with van der Waals surface area (Å²) in [6.45, 7) is 4.03. The lowest BCUT2D eigenvalue weighted by Gasteiger charge is -2.23. The Kier molecular flexibility index (Phi) is 10.7. The Morgan fingerprint density at radius 2 is 1.77 bits per heavy atom. The van der Waals surface area contributed by atoms with Crippen molar-refractivity contribution in [2.45, 2.75) is 75.8 Å². The number of allylic oxidation sites excluding steroid dienone is 1. The topological polar surface area (TPSA) is 79.2 Å². The molecule has 1 rings (SSSR count). The minimum Gasteiger partial charge on any atom is -0.394 e. The molecule has 1 aliphatic rings. The van der Waals surface area contributed by atoms with Crippen LogP contribution < -0.4 is 0 Å². The van der Waals surface area contributed by atoms with E-state index >= 15 is 0 Å². The summed E-state index contributed by atoms with van der Waals surface area (Å²) in [5.41, 5.74) is 0. The Bertz CT molecular complexity index is 284. The van der Waals surface area contributed by atoms with E-state index in [1.807, 2.05) is 6.08 Å². The highest BCUT2D eigenvalue weighted by atomic mass is 16.6. The fourth-order valence-corrected chi connectivity index (χ4v) is 2.75. The van der Waals surface area contributed by atoms with Crippen molar-refractivity contribution in [3.63, 3.8) is 0 Å². The van der Waals surface area contributed by atoms with Gasteiger partial charge in [-0.1, -0.05) is 38.2 Å². The van der Waals surface area contributed by atoms with Crippen LogP contribution in [0.2, 0.25) is 0 Å². The molecule has 0 aromatic carbocycles. The molecule has 1 heterocycles. The molecule has 1 saturated heterocycles. The van der Waals surface area contributed by atoms with Crippen molar-refractivity contribution in [3.05, 3.63) is 12.7 Å². The van der Waals surface area contributed by atoms with E-state index in [1.165, 1.54) is 32.1 Å². The average Bonchev–Trinajstić information content (AvgIpc) is 2.89.